The zero-order valence-electron chi connectivity index (χ0n) is 12.0. The molecule has 0 aliphatic carbocycles. The Labute approximate surface area is 114 Å². The first-order chi connectivity index (χ1) is 8.93. The van der Waals surface area contributed by atoms with Gasteiger partial charge in [-0.2, -0.15) is 4.98 Å². The van der Waals surface area contributed by atoms with Gasteiger partial charge in [-0.3, -0.25) is 0 Å². The average molecular weight is 269 g/mol. The molecule has 1 rings (SSSR count). The number of ether oxygens (including phenoxy) is 2. The summed E-state index contributed by atoms with van der Waals surface area (Å²) in [5, 5.41) is 9.70. The number of hydrogen-bond donors (Lipinski definition) is 2. The summed E-state index contributed by atoms with van der Waals surface area (Å²) in [4.78, 5) is 6.18. The zero-order chi connectivity index (χ0) is 14.4. The molecule has 1 atom stereocenters. The van der Waals surface area contributed by atoms with E-state index in [2.05, 4.69) is 4.98 Å². The van der Waals surface area contributed by atoms with E-state index < -0.39 is 6.10 Å². The molecule has 0 radical (unpaired) electrons. The lowest BCUT2D eigenvalue weighted by Gasteiger charge is -2.22. The van der Waals surface area contributed by atoms with Crippen molar-refractivity contribution in [2.24, 2.45) is 0 Å². The van der Waals surface area contributed by atoms with Gasteiger partial charge in [0.1, 0.15) is 5.82 Å². The Bertz CT molecular complexity index is 399. The summed E-state index contributed by atoms with van der Waals surface area (Å²) < 4.78 is 10.4. The molecule has 1 unspecified atom stereocenters. The van der Waals surface area contributed by atoms with Crippen LogP contribution in [-0.2, 0) is 4.74 Å². The molecule has 1 heterocycles. The molecule has 19 heavy (non-hydrogen) atoms. The number of aliphatic hydroxyl groups excluding tert-OH is 1. The van der Waals surface area contributed by atoms with Gasteiger partial charge < -0.3 is 25.2 Å². The van der Waals surface area contributed by atoms with Crippen LogP contribution < -0.4 is 15.4 Å². The molecule has 0 aliphatic rings. The Kier molecular flexibility index (Phi) is 5.85. The first kappa shape index (κ1) is 15.5. The van der Waals surface area contributed by atoms with E-state index in [1.807, 2.05) is 25.8 Å². The highest BCUT2D eigenvalue weighted by Gasteiger charge is 2.12. The standard InChI is InChI=1S/C13H23N3O3/c1-9(2)19-13-11(14)5-6-12(15-13)16(3)7-10(17)8-18-4/h5-6,9-10,17H,7-8,14H2,1-4H3. The van der Waals surface area contributed by atoms with Gasteiger partial charge in [0.15, 0.2) is 0 Å². The molecule has 0 bridgehead atoms. The van der Waals surface area contributed by atoms with Crippen LogP contribution in [0.5, 0.6) is 5.88 Å². The Morgan fingerprint density at radius 3 is 2.68 bits per heavy atom. The van der Waals surface area contributed by atoms with Gasteiger partial charge in [0, 0.05) is 20.7 Å². The molecule has 3 N–H and O–H groups in total. The predicted molar refractivity (Wildman–Crippen MR) is 75.6 cm³/mol. The van der Waals surface area contributed by atoms with Crippen molar-refractivity contribution >= 4 is 11.5 Å². The van der Waals surface area contributed by atoms with Crippen molar-refractivity contribution in [3.63, 3.8) is 0 Å². The van der Waals surface area contributed by atoms with E-state index in [0.29, 0.717) is 23.9 Å². The van der Waals surface area contributed by atoms with Gasteiger partial charge in [-0.1, -0.05) is 0 Å². The van der Waals surface area contributed by atoms with Gasteiger partial charge in [0.2, 0.25) is 5.88 Å². The SMILES string of the molecule is COCC(O)CN(C)c1ccc(N)c(OC(C)C)n1. The van der Waals surface area contributed by atoms with Crippen LogP contribution in [0.4, 0.5) is 11.5 Å². The Morgan fingerprint density at radius 1 is 1.42 bits per heavy atom. The topological polar surface area (TPSA) is 80.8 Å². The fourth-order valence-electron chi connectivity index (χ4n) is 1.63. The molecule has 0 saturated carbocycles. The lowest BCUT2D eigenvalue weighted by molar-refractivity contribution is 0.0694. The van der Waals surface area contributed by atoms with Crippen LogP contribution in [0.1, 0.15) is 13.8 Å². The molecule has 0 amide bonds. The van der Waals surface area contributed by atoms with Crippen LogP contribution in [-0.4, -0.2) is 49.6 Å². The van der Waals surface area contributed by atoms with Crippen LogP contribution in [0.15, 0.2) is 12.1 Å². The Hall–Kier alpha value is -1.53. The van der Waals surface area contributed by atoms with Crippen LogP contribution >= 0.6 is 0 Å². The molecule has 0 spiro atoms. The Balaban J connectivity index is 2.77. The van der Waals surface area contributed by atoms with E-state index in [-0.39, 0.29) is 12.7 Å². The first-order valence-electron chi connectivity index (χ1n) is 6.25. The molecule has 6 heteroatoms. The van der Waals surface area contributed by atoms with Crippen molar-refractivity contribution < 1.29 is 14.6 Å². The lowest BCUT2D eigenvalue weighted by atomic mass is 10.3. The van der Waals surface area contributed by atoms with E-state index in [9.17, 15) is 5.11 Å². The average Bonchev–Trinajstić information content (AvgIpc) is 2.31. The number of aromatic nitrogens is 1. The van der Waals surface area contributed by atoms with Crippen molar-refractivity contribution in [2.45, 2.75) is 26.1 Å². The summed E-state index contributed by atoms with van der Waals surface area (Å²) >= 11 is 0. The van der Waals surface area contributed by atoms with Crippen LogP contribution in [0.2, 0.25) is 0 Å². The van der Waals surface area contributed by atoms with Crippen molar-refractivity contribution in [2.75, 3.05) is 37.9 Å². The summed E-state index contributed by atoms with van der Waals surface area (Å²) in [6, 6.07) is 3.54. The van der Waals surface area contributed by atoms with Crippen LogP contribution in [0, 0.1) is 0 Å². The molecule has 0 saturated heterocycles. The summed E-state index contributed by atoms with van der Waals surface area (Å²) in [5.74, 6) is 1.11. The number of nitrogens with zero attached hydrogens (tertiary/aromatic N) is 2. The quantitative estimate of drug-likeness (QED) is 0.765. The van der Waals surface area contributed by atoms with E-state index >= 15 is 0 Å². The lowest BCUT2D eigenvalue weighted by Crippen LogP contribution is -2.32. The molecular weight excluding hydrogens is 246 g/mol. The molecule has 1 aromatic rings. The number of anilines is 2. The number of likely N-dealkylation sites (N-methyl/N-ethyl adjacent to an activating group) is 1. The molecule has 0 aliphatic heterocycles. The van der Waals surface area contributed by atoms with E-state index in [4.69, 9.17) is 15.2 Å². The van der Waals surface area contributed by atoms with E-state index in [0.717, 1.165) is 0 Å². The number of pyridine rings is 1. The van der Waals surface area contributed by atoms with Gasteiger partial charge in [0.25, 0.3) is 0 Å². The highest BCUT2D eigenvalue weighted by atomic mass is 16.5. The van der Waals surface area contributed by atoms with Gasteiger partial charge >= 0.3 is 0 Å². The molecular formula is C13H23N3O3. The van der Waals surface area contributed by atoms with E-state index in [1.165, 1.54) is 0 Å². The minimum Gasteiger partial charge on any atom is -0.473 e. The van der Waals surface area contributed by atoms with E-state index in [1.54, 1.807) is 19.2 Å². The maximum atomic E-state index is 9.70. The molecule has 108 valence electrons. The van der Waals surface area contributed by atoms with Gasteiger partial charge in [-0.05, 0) is 26.0 Å². The summed E-state index contributed by atoms with van der Waals surface area (Å²) in [6.45, 7) is 4.54. The Morgan fingerprint density at radius 2 is 2.11 bits per heavy atom. The van der Waals surface area contributed by atoms with Crippen LogP contribution in [0.3, 0.4) is 0 Å². The van der Waals surface area contributed by atoms with Gasteiger partial charge in [-0.15, -0.1) is 0 Å². The minimum atomic E-state index is -0.566. The third-order valence-corrected chi connectivity index (χ3v) is 2.46. The van der Waals surface area contributed by atoms with Gasteiger partial charge in [0.05, 0.1) is 24.5 Å². The molecule has 1 aromatic heterocycles. The normalized spacial score (nSPS) is 12.5. The highest BCUT2D eigenvalue weighted by Crippen LogP contribution is 2.23. The predicted octanol–water partition coefficient (Wildman–Crippen LogP) is 0.894. The van der Waals surface area contributed by atoms with Crippen molar-refractivity contribution in [3.05, 3.63) is 12.1 Å². The second kappa shape index (κ2) is 7.16. The number of methoxy groups -OCH3 is 1. The zero-order valence-corrected chi connectivity index (χ0v) is 12.0. The first-order valence-corrected chi connectivity index (χ1v) is 6.25. The fraction of sp³-hybridized carbons (Fsp3) is 0.615. The maximum Gasteiger partial charge on any atom is 0.239 e. The van der Waals surface area contributed by atoms with Gasteiger partial charge in [-0.25, -0.2) is 0 Å². The third kappa shape index (κ3) is 4.92. The minimum absolute atomic E-state index is 0.00874. The number of hydrogen-bond acceptors (Lipinski definition) is 6. The summed E-state index contributed by atoms with van der Waals surface area (Å²) in [6.07, 6.45) is -0.557. The third-order valence-electron chi connectivity index (χ3n) is 2.46. The second-order valence-corrected chi connectivity index (χ2v) is 4.72. The van der Waals surface area contributed by atoms with Crippen molar-refractivity contribution in [3.8, 4) is 5.88 Å². The largest absolute Gasteiger partial charge is 0.473 e. The summed E-state index contributed by atoms with van der Waals surface area (Å²) in [5.41, 5.74) is 6.31. The van der Waals surface area contributed by atoms with Crippen molar-refractivity contribution in [1.29, 1.82) is 0 Å². The number of nitrogens with two attached hydrogens (primary N) is 1. The molecule has 6 nitrogen and oxygen atoms in total. The number of nitrogen functional groups attached to an aromatic ring is 1. The molecule has 0 fully saturated rings. The highest BCUT2D eigenvalue weighted by molar-refractivity contribution is 5.54. The van der Waals surface area contributed by atoms with Crippen LogP contribution in [0.25, 0.3) is 0 Å². The summed E-state index contributed by atoms with van der Waals surface area (Å²) in [7, 11) is 3.40. The number of rotatable bonds is 7. The smallest absolute Gasteiger partial charge is 0.239 e. The monoisotopic (exact) mass is 269 g/mol. The maximum absolute atomic E-state index is 9.70. The fourth-order valence-corrected chi connectivity index (χ4v) is 1.63. The molecule has 0 aromatic carbocycles. The second-order valence-electron chi connectivity index (χ2n) is 4.72. The number of aliphatic hydroxyl groups is 1. The van der Waals surface area contributed by atoms with Crippen molar-refractivity contribution in [1.82, 2.24) is 4.98 Å².